The van der Waals surface area contributed by atoms with Crippen LogP contribution in [0.5, 0.6) is 5.75 Å². The Morgan fingerprint density at radius 1 is 1.24 bits per heavy atom. The minimum absolute atomic E-state index is 0.139. The van der Waals surface area contributed by atoms with E-state index < -0.39 is 0 Å². The van der Waals surface area contributed by atoms with E-state index in [1.807, 2.05) is 49.4 Å². The predicted octanol–water partition coefficient (Wildman–Crippen LogP) is 5.00. The zero-order chi connectivity index (χ0) is 17.6. The number of carbonyl (C=O) groups excluding carboxylic acids is 1. The van der Waals surface area contributed by atoms with Gasteiger partial charge in [-0.1, -0.05) is 6.07 Å². The minimum atomic E-state index is -0.139. The molecule has 0 saturated heterocycles. The van der Waals surface area contributed by atoms with Gasteiger partial charge in [-0.3, -0.25) is 4.79 Å². The fraction of sp³-hybridized carbons (Fsp3) is 0.158. The molecule has 25 heavy (non-hydrogen) atoms. The lowest BCUT2D eigenvalue weighted by Crippen LogP contribution is -2.11. The minimum Gasteiger partial charge on any atom is -0.497 e. The SMILES string of the molecule is COc1cccc(NC(=O)c2ccc(SCc3csc(C)n3)cc2)c1. The van der Waals surface area contributed by atoms with Crippen LogP contribution < -0.4 is 10.1 Å². The van der Waals surface area contributed by atoms with Crippen molar-refractivity contribution in [3.05, 3.63) is 70.2 Å². The normalized spacial score (nSPS) is 10.5. The Hall–Kier alpha value is -2.31. The molecule has 0 saturated carbocycles. The second kappa shape index (κ2) is 8.18. The number of aromatic nitrogens is 1. The highest BCUT2D eigenvalue weighted by Gasteiger charge is 2.07. The molecule has 3 rings (SSSR count). The Morgan fingerprint density at radius 3 is 2.72 bits per heavy atom. The van der Waals surface area contributed by atoms with Gasteiger partial charge < -0.3 is 10.1 Å². The van der Waals surface area contributed by atoms with Crippen LogP contribution in [0.15, 0.2) is 58.8 Å². The predicted molar refractivity (Wildman–Crippen MR) is 104 cm³/mol. The lowest BCUT2D eigenvalue weighted by Gasteiger charge is -2.07. The van der Waals surface area contributed by atoms with Crippen molar-refractivity contribution in [2.24, 2.45) is 0 Å². The average molecular weight is 370 g/mol. The van der Waals surface area contributed by atoms with Gasteiger partial charge in [0, 0.05) is 33.3 Å². The van der Waals surface area contributed by atoms with Crippen molar-refractivity contribution in [1.82, 2.24) is 4.98 Å². The largest absolute Gasteiger partial charge is 0.497 e. The first-order valence-corrected chi connectivity index (χ1v) is 9.60. The van der Waals surface area contributed by atoms with Gasteiger partial charge in [0.1, 0.15) is 5.75 Å². The van der Waals surface area contributed by atoms with Gasteiger partial charge in [0.05, 0.1) is 17.8 Å². The molecule has 1 heterocycles. The van der Waals surface area contributed by atoms with Crippen molar-refractivity contribution in [1.29, 1.82) is 0 Å². The second-order valence-corrected chi connectivity index (χ2v) is 7.47. The standard InChI is InChI=1S/C19H18N2O2S2/c1-13-20-16(11-24-13)12-25-18-8-6-14(7-9-18)19(22)21-15-4-3-5-17(10-15)23-2/h3-11H,12H2,1-2H3,(H,21,22). The monoisotopic (exact) mass is 370 g/mol. The number of carbonyl (C=O) groups is 1. The number of methoxy groups -OCH3 is 1. The molecule has 1 N–H and O–H groups in total. The number of anilines is 1. The maximum absolute atomic E-state index is 12.3. The first kappa shape index (κ1) is 17.5. The number of rotatable bonds is 6. The Morgan fingerprint density at radius 2 is 2.04 bits per heavy atom. The molecule has 0 aliphatic rings. The number of thiazole rings is 1. The summed E-state index contributed by atoms with van der Waals surface area (Å²) in [5.41, 5.74) is 2.42. The summed E-state index contributed by atoms with van der Waals surface area (Å²) in [6.45, 7) is 2.01. The van der Waals surface area contributed by atoms with Gasteiger partial charge in [-0.05, 0) is 43.3 Å². The lowest BCUT2D eigenvalue weighted by atomic mass is 10.2. The fourth-order valence-corrected chi connectivity index (χ4v) is 3.75. The van der Waals surface area contributed by atoms with Crippen molar-refractivity contribution in [3.63, 3.8) is 0 Å². The third-order valence-electron chi connectivity index (χ3n) is 3.50. The zero-order valence-electron chi connectivity index (χ0n) is 14.0. The number of hydrogen-bond donors (Lipinski definition) is 1. The molecular formula is C19H18N2O2S2. The first-order chi connectivity index (χ1) is 12.1. The maximum atomic E-state index is 12.3. The second-order valence-electron chi connectivity index (χ2n) is 5.36. The van der Waals surface area contributed by atoms with Crippen LogP contribution in [-0.2, 0) is 5.75 Å². The lowest BCUT2D eigenvalue weighted by molar-refractivity contribution is 0.102. The summed E-state index contributed by atoms with van der Waals surface area (Å²) >= 11 is 3.38. The molecule has 0 atom stereocenters. The van der Waals surface area contributed by atoms with Crippen LogP contribution in [0, 0.1) is 6.92 Å². The fourth-order valence-electron chi connectivity index (χ4n) is 2.24. The van der Waals surface area contributed by atoms with E-state index in [1.54, 1.807) is 36.3 Å². The maximum Gasteiger partial charge on any atom is 0.255 e. The number of ether oxygens (including phenoxy) is 1. The van der Waals surface area contributed by atoms with E-state index in [-0.39, 0.29) is 5.91 Å². The highest BCUT2D eigenvalue weighted by atomic mass is 32.2. The Balaban J connectivity index is 1.60. The molecule has 6 heteroatoms. The molecule has 1 aromatic heterocycles. The highest BCUT2D eigenvalue weighted by molar-refractivity contribution is 7.98. The van der Waals surface area contributed by atoms with Crippen molar-refractivity contribution in [2.75, 3.05) is 12.4 Å². The van der Waals surface area contributed by atoms with E-state index >= 15 is 0 Å². The van der Waals surface area contributed by atoms with Crippen LogP contribution in [0.1, 0.15) is 21.1 Å². The number of nitrogens with zero attached hydrogens (tertiary/aromatic N) is 1. The van der Waals surface area contributed by atoms with Gasteiger partial charge in [-0.15, -0.1) is 23.1 Å². The smallest absolute Gasteiger partial charge is 0.255 e. The van der Waals surface area contributed by atoms with E-state index in [2.05, 4.69) is 15.7 Å². The van der Waals surface area contributed by atoms with E-state index in [1.165, 1.54) is 0 Å². The summed E-state index contributed by atoms with van der Waals surface area (Å²) in [6, 6.07) is 14.9. The van der Waals surface area contributed by atoms with E-state index in [4.69, 9.17) is 4.74 Å². The van der Waals surface area contributed by atoms with Gasteiger partial charge in [-0.2, -0.15) is 0 Å². The summed E-state index contributed by atoms with van der Waals surface area (Å²) in [4.78, 5) is 17.9. The van der Waals surface area contributed by atoms with Crippen molar-refractivity contribution in [2.45, 2.75) is 17.6 Å². The number of amides is 1. The van der Waals surface area contributed by atoms with Crippen LogP contribution in [0.2, 0.25) is 0 Å². The molecule has 0 aliphatic heterocycles. The molecule has 0 unspecified atom stereocenters. The Bertz CT molecular complexity index is 860. The van der Waals surface area contributed by atoms with Gasteiger partial charge in [0.25, 0.3) is 5.91 Å². The van der Waals surface area contributed by atoms with Crippen LogP contribution in [-0.4, -0.2) is 18.0 Å². The number of benzene rings is 2. The molecule has 0 aliphatic carbocycles. The molecule has 0 spiro atoms. The number of hydrogen-bond acceptors (Lipinski definition) is 5. The van der Waals surface area contributed by atoms with E-state index in [9.17, 15) is 4.79 Å². The van der Waals surface area contributed by atoms with Gasteiger partial charge in [0.2, 0.25) is 0 Å². The van der Waals surface area contributed by atoms with Crippen LogP contribution in [0.3, 0.4) is 0 Å². The number of nitrogens with one attached hydrogen (secondary N) is 1. The average Bonchev–Trinajstić information content (AvgIpc) is 3.06. The van der Waals surface area contributed by atoms with Crippen LogP contribution in [0.25, 0.3) is 0 Å². The quantitative estimate of drug-likeness (QED) is 0.620. The molecular weight excluding hydrogens is 352 g/mol. The molecule has 2 aromatic carbocycles. The Kier molecular flexibility index (Phi) is 5.73. The molecule has 0 bridgehead atoms. The first-order valence-electron chi connectivity index (χ1n) is 7.73. The van der Waals surface area contributed by atoms with Crippen molar-refractivity contribution >= 4 is 34.7 Å². The van der Waals surface area contributed by atoms with Crippen molar-refractivity contribution in [3.8, 4) is 5.75 Å². The molecule has 128 valence electrons. The third kappa shape index (κ3) is 4.84. The third-order valence-corrected chi connectivity index (χ3v) is 5.37. The van der Waals surface area contributed by atoms with Gasteiger partial charge in [0.15, 0.2) is 0 Å². The number of aryl methyl sites for hydroxylation is 1. The van der Waals surface area contributed by atoms with E-state index in [0.717, 1.165) is 21.3 Å². The molecule has 1 amide bonds. The van der Waals surface area contributed by atoms with Crippen LogP contribution in [0.4, 0.5) is 5.69 Å². The molecule has 0 fully saturated rings. The summed E-state index contributed by atoms with van der Waals surface area (Å²) in [7, 11) is 1.60. The summed E-state index contributed by atoms with van der Waals surface area (Å²) in [6.07, 6.45) is 0. The van der Waals surface area contributed by atoms with E-state index in [0.29, 0.717) is 17.0 Å². The molecule has 0 radical (unpaired) electrons. The highest BCUT2D eigenvalue weighted by Crippen LogP contribution is 2.24. The van der Waals surface area contributed by atoms with Crippen LogP contribution >= 0.6 is 23.1 Å². The zero-order valence-corrected chi connectivity index (χ0v) is 15.6. The Labute approximate surface area is 155 Å². The topological polar surface area (TPSA) is 51.2 Å². The summed E-state index contributed by atoms with van der Waals surface area (Å²) < 4.78 is 5.16. The molecule has 3 aromatic rings. The summed E-state index contributed by atoms with van der Waals surface area (Å²) in [5, 5.41) is 6.04. The summed E-state index contributed by atoms with van der Waals surface area (Å²) in [5.74, 6) is 1.40. The van der Waals surface area contributed by atoms with Gasteiger partial charge in [-0.25, -0.2) is 4.98 Å². The molecule has 4 nitrogen and oxygen atoms in total. The van der Waals surface area contributed by atoms with Gasteiger partial charge >= 0.3 is 0 Å². The van der Waals surface area contributed by atoms with Crippen molar-refractivity contribution < 1.29 is 9.53 Å². The number of thioether (sulfide) groups is 1.